The molecule has 0 fully saturated rings. The Labute approximate surface area is 196 Å². The van der Waals surface area contributed by atoms with Crippen LogP contribution in [0.3, 0.4) is 0 Å². The van der Waals surface area contributed by atoms with Crippen LogP contribution in [-0.4, -0.2) is 39.4 Å². The molecular weight excluding hydrogens is 437 g/mol. The number of ether oxygens (including phenoxy) is 2. The number of carbonyl (C=O) groups excluding carboxylic acids is 1. The third kappa shape index (κ3) is 4.16. The number of aryl methyl sites for hydroxylation is 1. The molecule has 0 atom stereocenters. The van der Waals surface area contributed by atoms with Gasteiger partial charge in [0.2, 0.25) is 0 Å². The molecule has 0 saturated heterocycles. The molecule has 0 saturated carbocycles. The molecule has 9 heteroatoms. The van der Waals surface area contributed by atoms with E-state index in [1.54, 1.807) is 42.5 Å². The van der Waals surface area contributed by atoms with Crippen LogP contribution in [0.2, 0.25) is 0 Å². The SMILES string of the molecule is CC.COC(=O)c1cc(-c2cnc(NCc3c(F)ccc4c3CCO4)c3cnccc23)n(C)n1. The van der Waals surface area contributed by atoms with Gasteiger partial charge in [0, 0.05) is 60.7 Å². The molecule has 4 heterocycles. The van der Waals surface area contributed by atoms with Gasteiger partial charge in [-0.05, 0) is 29.7 Å². The standard InChI is InChI=1S/C23H20FN5O3.C2H6/c1-29-20(9-19(28-29)23(30)31-2)16-12-27-22(17-10-25-7-5-13(16)17)26-11-15-14-6-8-32-21(14)4-3-18(15)24;1-2/h3-5,7,9-10,12H,6,8,11H2,1-2H3,(H,26,27);1-2H3. The summed E-state index contributed by atoms with van der Waals surface area (Å²) < 4.78 is 26.5. The van der Waals surface area contributed by atoms with Crippen LogP contribution in [0.15, 0.2) is 42.9 Å². The van der Waals surface area contributed by atoms with Crippen LogP contribution < -0.4 is 10.1 Å². The van der Waals surface area contributed by atoms with Crippen molar-refractivity contribution in [2.24, 2.45) is 7.05 Å². The number of halogens is 1. The maximum atomic E-state index is 14.5. The number of hydrogen-bond donors (Lipinski definition) is 1. The lowest BCUT2D eigenvalue weighted by molar-refractivity contribution is 0.0593. The number of hydrogen-bond acceptors (Lipinski definition) is 7. The molecule has 1 aromatic carbocycles. The van der Waals surface area contributed by atoms with Gasteiger partial charge in [0.15, 0.2) is 5.69 Å². The fourth-order valence-corrected chi connectivity index (χ4v) is 4.03. The van der Waals surface area contributed by atoms with Crippen molar-refractivity contribution in [3.63, 3.8) is 0 Å². The van der Waals surface area contributed by atoms with Crippen LogP contribution >= 0.6 is 0 Å². The van der Waals surface area contributed by atoms with Crippen molar-refractivity contribution in [1.29, 1.82) is 0 Å². The number of pyridine rings is 2. The Kier molecular flexibility index (Phi) is 6.72. The smallest absolute Gasteiger partial charge is 0.358 e. The van der Waals surface area contributed by atoms with Crippen molar-refractivity contribution in [3.05, 3.63) is 65.5 Å². The van der Waals surface area contributed by atoms with Crippen LogP contribution in [0.5, 0.6) is 5.75 Å². The molecule has 1 aliphatic heterocycles. The van der Waals surface area contributed by atoms with E-state index in [0.29, 0.717) is 30.1 Å². The highest BCUT2D eigenvalue weighted by Crippen LogP contribution is 2.33. The summed E-state index contributed by atoms with van der Waals surface area (Å²) in [5, 5.41) is 9.14. The lowest BCUT2D eigenvalue weighted by atomic mass is 10.0. The molecule has 34 heavy (non-hydrogen) atoms. The predicted octanol–water partition coefficient (Wildman–Crippen LogP) is 4.53. The van der Waals surface area contributed by atoms with Crippen molar-refractivity contribution >= 4 is 22.6 Å². The summed E-state index contributed by atoms with van der Waals surface area (Å²) in [5.41, 5.74) is 3.19. The summed E-state index contributed by atoms with van der Waals surface area (Å²) in [4.78, 5) is 20.7. The second-order valence-electron chi connectivity index (χ2n) is 7.43. The summed E-state index contributed by atoms with van der Waals surface area (Å²) in [6, 6.07) is 6.64. The highest BCUT2D eigenvalue weighted by atomic mass is 19.1. The number of aromatic nitrogens is 4. The van der Waals surface area contributed by atoms with E-state index in [1.807, 2.05) is 19.9 Å². The molecule has 0 aliphatic carbocycles. The van der Waals surface area contributed by atoms with Crippen molar-refractivity contribution in [2.45, 2.75) is 26.8 Å². The topological polar surface area (TPSA) is 91.2 Å². The van der Waals surface area contributed by atoms with Crippen LogP contribution in [0.4, 0.5) is 10.2 Å². The Balaban J connectivity index is 0.00000133. The van der Waals surface area contributed by atoms with Gasteiger partial charge >= 0.3 is 5.97 Å². The maximum Gasteiger partial charge on any atom is 0.358 e. The number of methoxy groups -OCH3 is 1. The summed E-state index contributed by atoms with van der Waals surface area (Å²) in [5.74, 6) is 0.537. The van der Waals surface area contributed by atoms with Crippen LogP contribution in [0, 0.1) is 5.82 Å². The molecule has 4 aromatic rings. The molecule has 0 bridgehead atoms. The number of carbonyl (C=O) groups is 1. The Morgan fingerprint density at radius 1 is 1.24 bits per heavy atom. The minimum Gasteiger partial charge on any atom is -0.493 e. The van der Waals surface area contributed by atoms with Gasteiger partial charge in [-0.1, -0.05) is 13.8 Å². The molecule has 0 unspecified atom stereocenters. The first-order chi connectivity index (χ1) is 16.6. The van der Waals surface area contributed by atoms with Crippen molar-refractivity contribution in [3.8, 4) is 17.0 Å². The van der Waals surface area contributed by atoms with Crippen molar-refractivity contribution < 1.29 is 18.7 Å². The van der Waals surface area contributed by atoms with E-state index in [9.17, 15) is 9.18 Å². The van der Waals surface area contributed by atoms with Crippen molar-refractivity contribution in [1.82, 2.24) is 19.7 Å². The highest BCUT2D eigenvalue weighted by molar-refractivity contribution is 6.01. The number of nitrogens with zero attached hydrogens (tertiary/aromatic N) is 4. The highest BCUT2D eigenvalue weighted by Gasteiger charge is 2.21. The minimum absolute atomic E-state index is 0.213. The Hall–Kier alpha value is -4.01. The van der Waals surface area contributed by atoms with E-state index >= 15 is 0 Å². The third-order valence-electron chi connectivity index (χ3n) is 5.61. The van der Waals surface area contributed by atoms with Gasteiger partial charge in [-0.3, -0.25) is 9.67 Å². The second-order valence-corrected chi connectivity index (χ2v) is 7.43. The van der Waals surface area contributed by atoms with Crippen molar-refractivity contribution in [2.75, 3.05) is 19.0 Å². The second kappa shape index (κ2) is 9.86. The number of fused-ring (bicyclic) bond motifs is 2. The lowest BCUT2D eigenvalue weighted by Gasteiger charge is -2.14. The minimum atomic E-state index is -0.509. The first-order valence-corrected chi connectivity index (χ1v) is 11.1. The maximum absolute atomic E-state index is 14.5. The average molecular weight is 464 g/mol. The first-order valence-electron chi connectivity index (χ1n) is 11.1. The molecule has 5 rings (SSSR count). The lowest BCUT2D eigenvalue weighted by Crippen LogP contribution is -2.07. The fourth-order valence-electron chi connectivity index (χ4n) is 4.03. The molecule has 1 aliphatic rings. The molecule has 0 spiro atoms. The Morgan fingerprint density at radius 3 is 2.85 bits per heavy atom. The average Bonchev–Trinajstić information content (AvgIpc) is 3.51. The van der Waals surface area contributed by atoms with Gasteiger partial charge in [0.05, 0.1) is 19.4 Å². The zero-order chi connectivity index (χ0) is 24.2. The van der Waals surface area contributed by atoms with Crippen LogP contribution in [0.25, 0.3) is 22.0 Å². The van der Waals surface area contributed by atoms with Gasteiger partial charge in [0.25, 0.3) is 0 Å². The Morgan fingerprint density at radius 2 is 2.06 bits per heavy atom. The van der Waals surface area contributed by atoms with E-state index in [4.69, 9.17) is 9.47 Å². The van der Waals surface area contributed by atoms with E-state index in [0.717, 1.165) is 27.6 Å². The number of nitrogens with one attached hydrogen (secondary N) is 1. The molecule has 8 nitrogen and oxygen atoms in total. The zero-order valence-corrected chi connectivity index (χ0v) is 19.6. The Bertz CT molecular complexity index is 1350. The fraction of sp³-hybridized carbons (Fsp3) is 0.280. The molecule has 0 amide bonds. The number of esters is 1. The molecule has 176 valence electrons. The van der Waals surface area contributed by atoms with E-state index in [-0.39, 0.29) is 18.1 Å². The van der Waals surface area contributed by atoms with Gasteiger partial charge in [-0.25, -0.2) is 14.2 Å². The van der Waals surface area contributed by atoms with E-state index in [1.165, 1.54) is 13.2 Å². The largest absolute Gasteiger partial charge is 0.493 e. The van der Waals surface area contributed by atoms with Gasteiger partial charge in [0.1, 0.15) is 17.4 Å². The molecule has 3 aromatic heterocycles. The molecule has 0 radical (unpaired) electrons. The number of anilines is 1. The number of benzene rings is 1. The quantitative estimate of drug-likeness (QED) is 0.435. The monoisotopic (exact) mass is 463 g/mol. The summed E-state index contributed by atoms with van der Waals surface area (Å²) in [6.07, 6.45) is 5.79. The normalized spacial score (nSPS) is 11.9. The van der Waals surface area contributed by atoms with E-state index in [2.05, 4.69) is 20.4 Å². The van der Waals surface area contributed by atoms with Gasteiger partial charge in [-0.15, -0.1) is 0 Å². The summed E-state index contributed by atoms with van der Waals surface area (Å²) >= 11 is 0. The van der Waals surface area contributed by atoms with Gasteiger partial charge < -0.3 is 14.8 Å². The summed E-state index contributed by atoms with van der Waals surface area (Å²) in [6.45, 7) is 4.83. The van der Waals surface area contributed by atoms with Crippen LogP contribution in [-0.2, 0) is 24.8 Å². The zero-order valence-electron chi connectivity index (χ0n) is 19.6. The van der Waals surface area contributed by atoms with E-state index < -0.39 is 5.97 Å². The molecular formula is C25H26FN5O3. The summed E-state index contributed by atoms with van der Waals surface area (Å²) in [7, 11) is 3.07. The predicted molar refractivity (Wildman–Crippen MR) is 127 cm³/mol. The number of rotatable bonds is 5. The molecule has 1 N–H and O–H groups in total. The third-order valence-corrected chi connectivity index (χ3v) is 5.61. The first kappa shape index (κ1) is 23.2. The van der Waals surface area contributed by atoms with Crippen LogP contribution in [0.1, 0.15) is 35.5 Å². The van der Waals surface area contributed by atoms with Gasteiger partial charge in [-0.2, -0.15) is 5.10 Å².